The fourth-order valence-electron chi connectivity index (χ4n) is 1.74. The zero-order valence-corrected chi connectivity index (χ0v) is 11.4. The number of rotatable bonds is 4. The van der Waals surface area contributed by atoms with Gasteiger partial charge in [0.05, 0.1) is 18.4 Å². The van der Waals surface area contributed by atoms with Gasteiger partial charge in [-0.1, -0.05) is 0 Å². The van der Waals surface area contributed by atoms with Gasteiger partial charge >= 0.3 is 6.18 Å². The average Bonchev–Trinajstić information content (AvgIpc) is 2.46. The molecule has 0 aromatic carbocycles. The minimum atomic E-state index is -4.47. The molecule has 0 aliphatic heterocycles. The summed E-state index contributed by atoms with van der Waals surface area (Å²) >= 11 is 0. The van der Waals surface area contributed by atoms with Crippen LogP contribution in [0, 0.1) is 0 Å². The van der Waals surface area contributed by atoms with Crippen LogP contribution in [-0.2, 0) is 6.18 Å². The number of alkyl halides is 3. The maximum atomic E-state index is 13.0. The van der Waals surface area contributed by atoms with E-state index in [9.17, 15) is 13.2 Å². The van der Waals surface area contributed by atoms with Crippen molar-refractivity contribution in [3.8, 4) is 17.3 Å². The van der Waals surface area contributed by atoms with Crippen molar-refractivity contribution in [2.75, 3.05) is 19.0 Å². The monoisotopic (exact) mass is 298 g/mol. The van der Waals surface area contributed by atoms with Crippen molar-refractivity contribution >= 4 is 5.82 Å². The first kappa shape index (κ1) is 15.0. The van der Waals surface area contributed by atoms with Crippen molar-refractivity contribution < 1.29 is 17.9 Å². The summed E-state index contributed by atoms with van der Waals surface area (Å²) in [6.45, 7) is 2.22. The standard InChI is InChI=1S/C13H13F3N4O/c1-3-17-10-7-8(13(14,15)16)6-9(20-10)11-12(21-2)19-5-4-18-11/h4-7H,3H2,1-2H3,(H,17,20). The molecule has 0 spiro atoms. The van der Waals surface area contributed by atoms with Crippen LogP contribution in [0.15, 0.2) is 24.5 Å². The third-order valence-electron chi connectivity index (χ3n) is 2.61. The highest BCUT2D eigenvalue weighted by atomic mass is 19.4. The van der Waals surface area contributed by atoms with E-state index in [2.05, 4.69) is 20.3 Å². The second-order valence-electron chi connectivity index (χ2n) is 4.07. The lowest BCUT2D eigenvalue weighted by Crippen LogP contribution is -2.09. The van der Waals surface area contributed by atoms with Crippen LogP contribution in [-0.4, -0.2) is 28.6 Å². The van der Waals surface area contributed by atoms with Gasteiger partial charge in [0.2, 0.25) is 5.88 Å². The molecular weight excluding hydrogens is 285 g/mol. The van der Waals surface area contributed by atoms with Gasteiger partial charge in [-0.3, -0.25) is 0 Å². The zero-order valence-electron chi connectivity index (χ0n) is 11.4. The van der Waals surface area contributed by atoms with Gasteiger partial charge in [0.15, 0.2) is 5.69 Å². The third kappa shape index (κ3) is 3.39. The number of hydrogen-bond acceptors (Lipinski definition) is 5. The van der Waals surface area contributed by atoms with E-state index in [-0.39, 0.29) is 23.1 Å². The largest absolute Gasteiger partial charge is 0.479 e. The van der Waals surface area contributed by atoms with Crippen molar-refractivity contribution in [2.45, 2.75) is 13.1 Å². The molecule has 0 amide bonds. The predicted octanol–water partition coefficient (Wildman–Crippen LogP) is 3.00. The number of pyridine rings is 1. The first-order valence-electron chi connectivity index (χ1n) is 6.14. The van der Waals surface area contributed by atoms with Gasteiger partial charge in [-0.15, -0.1) is 0 Å². The van der Waals surface area contributed by atoms with Crippen LogP contribution in [0.4, 0.5) is 19.0 Å². The number of anilines is 1. The van der Waals surface area contributed by atoms with Crippen molar-refractivity contribution in [1.29, 1.82) is 0 Å². The lowest BCUT2D eigenvalue weighted by molar-refractivity contribution is -0.137. The van der Waals surface area contributed by atoms with Crippen molar-refractivity contribution in [3.05, 3.63) is 30.1 Å². The predicted molar refractivity (Wildman–Crippen MR) is 71.0 cm³/mol. The van der Waals surface area contributed by atoms with Gasteiger partial charge in [-0.2, -0.15) is 13.2 Å². The summed E-state index contributed by atoms with van der Waals surface area (Å²) in [7, 11) is 1.37. The Morgan fingerprint density at radius 1 is 1.19 bits per heavy atom. The normalized spacial score (nSPS) is 11.3. The van der Waals surface area contributed by atoms with Gasteiger partial charge in [0, 0.05) is 18.9 Å². The second-order valence-corrected chi connectivity index (χ2v) is 4.07. The molecule has 2 aromatic heterocycles. The number of hydrogen-bond donors (Lipinski definition) is 1. The summed E-state index contributed by atoms with van der Waals surface area (Å²) in [6, 6.07) is 1.88. The molecule has 2 heterocycles. The highest BCUT2D eigenvalue weighted by Crippen LogP contribution is 2.34. The van der Waals surface area contributed by atoms with E-state index < -0.39 is 11.7 Å². The van der Waals surface area contributed by atoms with Gasteiger partial charge in [-0.25, -0.2) is 15.0 Å². The highest BCUT2D eigenvalue weighted by Gasteiger charge is 2.32. The summed E-state index contributed by atoms with van der Waals surface area (Å²) in [5.41, 5.74) is -0.605. The van der Waals surface area contributed by atoms with E-state index in [1.165, 1.54) is 19.5 Å². The maximum Gasteiger partial charge on any atom is 0.416 e. The van der Waals surface area contributed by atoms with Crippen LogP contribution in [0.2, 0.25) is 0 Å². The number of halogens is 3. The molecule has 0 bridgehead atoms. The lowest BCUT2D eigenvalue weighted by Gasteiger charge is -2.12. The van der Waals surface area contributed by atoms with E-state index in [1.807, 2.05) is 0 Å². The van der Waals surface area contributed by atoms with Gasteiger partial charge in [0.25, 0.3) is 0 Å². The topological polar surface area (TPSA) is 59.9 Å². The maximum absolute atomic E-state index is 13.0. The average molecular weight is 298 g/mol. The number of aromatic nitrogens is 3. The molecule has 0 radical (unpaired) electrons. The van der Waals surface area contributed by atoms with Crippen LogP contribution in [0.5, 0.6) is 5.88 Å². The van der Waals surface area contributed by atoms with Gasteiger partial charge in [-0.05, 0) is 19.1 Å². The Bertz CT molecular complexity index is 631. The minimum absolute atomic E-state index is 0.0470. The Balaban J connectivity index is 2.59. The molecule has 0 unspecified atom stereocenters. The number of nitrogens with zero attached hydrogens (tertiary/aromatic N) is 3. The summed E-state index contributed by atoms with van der Waals surface area (Å²) in [6.07, 6.45) is -1.72. The molecule has 0 aliphatic carbocycles. The summed E-state index contributed by atoms with van der Waals surface area (Å²) in [4.78, 5) is 12.0. The van der Waals surface area contributed by atoms with Crippen molar-refractivity contribution in [2.24, 2.45) is 0 Å². The zero-order chi connectivity index (χ0) is 15.5. The van der Waals surface area contributed by atoms with Crippen LogP contribution in [0.25, 0.3) is 11.4 Å². The number of ether oxygens (including phenoxy) is 1. The lowest BCUT2D eigenvalue weighted by atomic mass is 10.1. The summed E-state index contributed by atoms with van der Waals surface area (Å²) < 4.78 is 43.9. The molecule has 1 N–H and O–H groups in total. The summed E-state index contributed by atoms with van der Waals surface area (Å²) in [5.74, 6) is 0.238. The number of methoxy groups -OCH3 is 1. The molecule has 0 saturated heterocycles. The number of nitrogens with one attached hydrogen (secondary N) is 1. The van der Waals surface area contributed by atoms with Crippen LogP contribution in [0.1, 0.15) is 12.5 Å². The fourth-order valence-corrected chi connectivity index (χ4v) is 1.74. The Labute approximate surface area is 119 Å². The molecule has 5 nitrogen and oxygen atoms in total. The molecular formula is C13H13F3N4O. The molecule has 21 heavy (non-hydrogen) atoms. The van der Waals surface area contributed by atoms with Gasteiger partial charge in [0.1, 0.15) is 5.82 Å². The van der Waals surface area contributed by atoms with E-state index in [4.69, 9.17) is 4.74 Å². The molecule has 0 saturated carbocycles. The van der Waals surface area contributed by atoms with E-state index in [0.717, 1.165) is 12.1 Å². The van der Waals surface area contributed by atoms with E-state index >= 15 is 0 Å². The molecule has 0 fully saturated rings. The minimum Gasteiger partial charge on any atom is -0.479 e. The highest BCUT2D eigenvalue weighted by molar-refractivity contribution is 5.63. The SMILES string of the molecule is CCNc1cc(C(F)(F)F)cc(-c2nccnc2OC)n1. The fraction of sp³-hybridized carbons (Fsp3) is 0.308. The Morgan fingerprint density at radius 3 is 2.52 bits per heavy atom. The molecule has 2 rings (SSSR count). The second kappa shape index (κ2) is 5.94. The van der Waals surface area contributed by atoms with E-state index in [1.54, 1.807) is 6.92 Å². The van der Waals surface area contributed by atoms with Crippen LogP contribution < -0.4 is 10.1 Å². The van der Waals surface area contributed by atoms with Crippen LogP contribution in [0.3, 0.4) is 0 Å². The van der Waals surface area contributed by atoms with Gasteiger partial charge < -0.3 is 10.1 Å². The quantitative estimate of drug-likeness (QED) is 0.940. The smallest absolute Gasteiger partial charge is 0.416 e. The first-order chi connectivity index (χ1) is 9.95. The van der Waals surface area contributed by atoms with Crippen molar-refractivity contribution in [3.63, 3.8) is 0 Å². The third-order valence-corrected chi connectivity index (χ3v) is 2.61. The molecule has 2 aromatic rings. The molecule has 8 heteroatoms. The molecule has 0 aliphatic rings. The first-order valence-corrected chi connectivity index (χ1v) is 6.14. The Kier molecular flexibility index (Phi) is 4.25. The van der Waals surface area contributed by atoms with Crippen molar-refractivity contribution in [1.82, 2.24) is 15.0 Å². The Hall–Kier alpha value is -2.38. The Morgan fingerprint density at radius 2 is 1.90 bits per heavy atom. The van der Waals surface area contributed by atoms with E-state index in [0.29, 0.717) is 6.54 Å². The summed E-state index contributed by atoms with van der Waals surface area (Å²) in [5, 5.41) is 2.77. The molecule has 112 valence electrons. The molecule has 0 atom stereocenters. The van der Waals surface area contributed by atoms with Crippen LogP contribution >= 0.6 is 0 Å².